The Morgan fingerprint density at radius 3 is 2.80 bits per heavy atom. The number of aliphatic hydroxyl groups excluding tert-OH is 1. The Kier molecular flexibility index (Phi) is 5.75. The molecule has 1 aliphatic rings. The number of hydrogen-bond acceptors (Lipinski definition) is 3. The van der Waals surface area contributed by atoms with E-state index in [9.17, 15) is 4.79 Å². The summed E-state index contributed by atoms with van der Waals surface area (Å²) in [6.07, 6.45) is 3.51. The Morgan fingerprint density at radius 1 is 1.40 bits per heavy atom. The lowest BCUT2D eigenvalue weighted by Crippen LogP contribution is -2.30. The smallest absolute Gasteiger partial charge is 0.220 e. The molecule has 2 N–H and O–H groups in total. The van der Waals surface area contributed by atoms with E-state index in [0.717, 1.165) is 34.9 Å². The first-order valence-corrected chi connectivity index (χ1v) is 8.26. The minimum Gasteiger partial charge on any atom is -0.396 e. The van der Waals surface area contributed by atoms with Crippen molar-refractivity contribution in [3.05, 3.63) is 29.3 Å². The molecule has 1 aromatic rings. The predicted molar refractivity (Wildman–Crippen MR) is 83.2 cm³/mol. The zero-order valence-corrected chi connectivity index (χ0v) is 13.0. The van der Waals surface area contributed by atoms with E-state index in [1.54, 1.807) is 11.8 Å². The van der Waals surface area contributed by atoms with Gasteiger partial charge >= 0.3 is 0 Å². The predicted octanol–water partition coefficient (Wildman–Crippen LogP) is 3.10. The number of benzene rings is 1. The summed E-state index contributed by atoms with van der Waals surface area (Å²) in [4.78, 5) is 12.8. The molecule has 5 heteroatoms. The average molecular weight is 314 g/mol. The van der Waals surface area contributed by atoms with Crippen molar-refractivity contribution in [2.24, 2.45) is 5.41 Å². The highest BCUT2D eigenvalue weighted by molar-refractivity contribution is 7.99. The van der Waals surface area contributed by atoms with Crippen LogP contribution in [0.3, 0.4) is 0 Å². The molecule has 20 heavy (non-hydrogen) atoms. The van der Waals surface area contributed by atoms with Crippen LogP contribution in [-0.4, -0.2) is 29.9 Å². The normalized spacial score (nSPS) is 15.9. The lowest BCUT2D eigenvalue weighted by atomic mass is 10.0. The van der Waals surface area contributed by atoms with Crippen LogP contribution in [0.25, 0.3) is 0 Å². The molecule has 0 spiro atoms. The number of aliphatic hydroxyl groups is 1. The van der Waals surface area contributed by atoms with E-state index < -0.39 is 0 Å². The standard InChI is InChI=1S/C15H20ClNO2S/c16-12-3-1-2-4-13(12)20-10-5-14(19)17-11-15(6-7-15)8-9-18/h1-4,18H,5-11H2,(H,17,19). The van der Waals surface area contributed by atoms with Crippen molar-refractivity contribution in [2.45, 2.75) is 30.6 Å². The number of thioether (sulfide) groups is 1. The molecule has 0 aromatic heterocycles. The summed E-state index contributed by atoms with van der Waals surface area (Å²) in [7, 11) is 0. The lowest BCUT2D eigenvalue weighted by molar-refractivity contribution is -0.120. The summed E-state index contributed by atoms with van der Waals surface area (Å²) >= 11 is 7.66. The van der Waals surface area contributed by atoms with Gasteiger partial charge in [-0.3, -0.25) is 4.79 Å². The molecular formula is C15H20ClNO2S. The molecule has 1 aliphatic carbocycles. The van der Waals surface area contributed by atoms with E-state index in [-0.39, 0.29) is 17.9 Å². The monoisotopic (exact) mass is 313 g/mol. The van der Waals surface area contributed by atoms with Gasteiger partial charge in [0.25, 0.3) is 0 Å². The van der Waals surface area contributed by atoms with E-state index in [4.69, 9.17) is 16.7 Å². The fourth-order valence-electron chi connectivity index (χ4n) is 2.12. The zero-order valence-electron chi connectivity index (χ0n) is 11.4. The molecule has 1 fully saturated rings. The van der Waals surface area contributed by atoms with Gasteiger partial charge in [0.15, 0.2) is 0 Å². The Morgan fingerprint density at radius 2 is 2.15 bits per heavy atom. The van der Waals surface area contributed by atoms with E-state index in [1.807, 2.05) is 24.3 Å². The van der Waals surface area contributed by atoms with Crippen molar-refractivity contribution in [3.63, 3.8) is 0 Å². The molecule has 2 rings (SSSR count). The molecule has 0 atom stereocenters. The van der Waals surface area contributed by atoms with Gasteiger partial charge in [-0.05, 0) is 36.8 Å². The van der Waals surface area contributed by atoms with Gasteiger partial charge in [-0.25, -0.2) is 0 Å². The largest absolute Gasteiger partial charge is 0.396 e. The molecule has 1 aromatic carbocycles. The number of rotatable bonds is 8. The topological polar surface area (TPSA) is 49.3 Å². The van der Waals surface area contributed by atoms with E-state index in [1.165, 1.54) is 0 Å². The molecule has 0 unspecified atom stereocenters. The highest BCUT2D eigenvalue weighted by Gasteiger charge is 2.41. The van der Waals surface area contributed by atoms with Gasteiger partial charge in [0.1, 0.15) is 0 Å². The van der Waals surface area contributed by atoms with Gasteiger partial charge in [-0.2, -0.15) is 0 Å². The third-order valence-corrected chi connectivity index (χ3v) is 5.20. The van der Waals surface area contributed by atoms with Gasteiger partial charge in [0, 0.05) is 30.2 Å². The van der Waals surface area contributed by atoms with Crippen LogP contribution in [0.1, 0.15) is 25.7 Å². The Bertz CT molecular complexity index is 463. The Hall–Kier alpha value is -0.710. The maximum atomic E-state index is 11.8. The molecule has 0 aliphatic heterocycles. The van der Waals surface area contributed by atoms with Crippen LogP contribution in [0.2, 0.25) is 5.02 Å². The van der Waals surface area contributed by atoms with Crippen molar-refractivity contribution in [1.82, 2.24) is 5.32 Å². The Balaban J connectivity index is 1.65. The summed E-state index contributed by atoms with van der Waals surface area (Å²) in [5, 5.41) is 12.7. The number of amides is 1. The van der Waals surface area contributed by atoms with Gasteiger partial charge in [-0.1, -0.05) is 23.7 Å². The van der Waals surface area contributed by atoms with Crippen molar-refractivity contribution < 1.29 is 9.90 Å². The van der Waals surface area contributed by atoms with Crippen LogP contribution in [0.15, 0.2) is 29.2 Å². The molecule has 110 valence electrons. The van der Waals surface area contributed by atoms with Crippen molar-refractivity contribution in [2.75, 3.05) is 18.9 Å². The third kappa shape index (κ3) is 4.69. The molecule has 0 saturated heterocycles. The average Bonchev–Trinajstić information content (AvgIpc) is 3.19. The number of hydrogen-bond donors (Lipinski definition) is 2. The summed E-state index contributed by atoms with van der Waals surface area (Å²) in [5.41, 5.74) is 0.181. The SMILES string of the molecule is O=C(CCSc1ccccc1Cl)NCC1(CCO)CC1. The van der Waals surface area contributed by atoms with Crippen LogP contribution < -0.4 is 5.32 Å². The van der Waals surface area contributed by atoms with Crippen molar-refractivity contribution in [3.8, 4) is 0 Å². The summed E-state index contributed by atoms with van der Waals surface area (Å²) in [5.74, 6) is 0.802. The number of halogens is 1. The molecular weight excluding hydrogens is 294 g/mol. The van der Waals surface area contributed by atoms with Crippen molar-refractivity contribution in [1.29, 1.82) is 0 Å². The van der Waals surface area contributed by atoms with Crippen LogP contribution in [0.4, 0.5) is 0 Å². The fraction of sp³-hybridized carbons (Fsp3) is 0.533. The van der Waals surface area contributed by atoms with E-state index in [0.29, 0.717) is 13.0 Å². The molecule has 1 amide bonds. The maximum Gasteiger partial charge on any atom is 0.220 e. The van der Waals surface area contributed by atoms with Crippen LogP contribution in [0, 0.1) is 5.41 Å². The lowest BCUT2D eigenvalue weighted by Gasteiger charge is -2.14. The van der Waals surface area contributed by atoms with Gasteiger partial charge < -0.3 is 10.4 Å². The van der Waals surface area contributed by atoms with Crippen LogP contribution >= 0.6 is 23.4 Å². The Labute approximate surface area is 129 Å². The molecule has 0 radical (unpaired) electrons. The minimum atomic E-state index is 0.0776. The molecule has 0 bridgehead atoms. The minimum absolute atomic E-state index is 0.0776. The second-order valence-electron chi connectivity index (χ2n) is 5.28. The zero-order chi connectivity index (χ0) is 14.4. The first-order valence-electron chi connectivity index (χ1n) is 6.90. The maximum absolute atomic E-state index is 11.8. The second-order valence-corrected chi connectivity index (χ2v) is 6.82. The molecule has 1 saturated carbocycles. The van der Waals surface area contributed by atoms with Gasteiger partial charge in [-0.15, -0.1) is 11.8 Å². The highest BCUT2D eigenvalue weighted by Crippen LogP contribution is 2.47. The first kappa shape index (κ1) is 15.7. The number of carbonyl (C=O) groups excluding carboxylic acids is 1. The van der Waals surface area contributed by atoms with Gasteiger partial charge in [0.05, 0.1) is 5.02 Å². The fourth-order valence-corrected chi connectivity index (χ4v) is 3.31. The van der Waals surface area contributed by atoms with Crippen molar-refractivity contribution >= 4 is 29.3 Å². The quantitative estimate of drug-likeness (QED) is 0.725. The number of carbonyl (C=O) groups is 1. The molecule has 3 nitrogen and oxygen atoms in total. The highest BCUT2D eigenvalue weighted by atomic mass is 35.5. The summed E-state index contributed by atoms with van der Waals surface area (Å²) in [6.45, 7) is 0.904. The van der Waals surface area contributed by atoms with Gasteiger partial charge in [0.2, 0.25) is 5.91 Å². The second kappa shape index (κ2) is 7.34. The number of nitrogens with one attached hydrogen (secondary N) is 1. The van der Waals surface area contributed by atoms with Crippen LogP contribution in [-0.2, 0) is 4.79 Å². The first-order chi connectivity index (χ1) is 9.65. The summed E-state index contributed by atoms with van der Waals surface area (Å²) < 4.78 is 0. The molecule has 0 heterocycles. The third-order valence-electron chi connectivity index (χ3n) is 3.68. The van der Waals surface area contributed by atoms with E-state index in [2.05, 4.69) is 5.32 Å². The summed E-state index contributed by atoms with van der Waals surface area (Å²) in [6, 6.07) is 7.66. The van der Waals surface area contributed by atoms with Crippen LogP contribution in [0.5, 0.6) is 0 Å². The van der Waals surface area contributed by atoms with E-state index >= 15 is 0 Å².